The van der Waals surface area contributed by atoms with E-state index in [9.17, 15) is 4.79 Å². The molecule has 0 unspecified atom stereocenters. The van der Waals surface area contributed by atoms with Crippen molar-refractivity contribution < 1.29 is 4.74 Å². The summed E-state index contributed by atoms with van der Waals surface area (Å²) in [5.41, 5.74) is 3.19. The average molecular weight is 531 g/mol. The largest absolute Gasteiger partial charge is 0.360 e. The molecular formula is C32H30N6O2. The van der Waals surface area contributed by atoms with E-state index in [0.29, 0.717) is 29.5 Å². The number of nitrogens with one attached hydrogen (secondary N) is 1. The first kappa shape index (κ1) is 24.5. The van der Waals surface area contributed by atoms with E-state index in [1.165, 1.54) is 10.7 Å². The third kappa shape index (κ3) is 3.78. The Morgan fingerprint density at radius 2 is 1.50 bits per heavy atom. The van der Waals surface area contributed by atoms with E-state index in [1.807, 2.05) is 18.2 Å². The van der Waals surface area contributed by atoms with Crippen molar-refractivity contribution in [3.8, 4) is 0 Å². The van der Waals surface area contributed by atoms with Crippen LogP contribution in [0.15, 0.2) is 108 Å². The molecule has 0 radical (unpaired) electrons. The van der Waals surface area contributed by atoms with E-state index >= 15 is 0 Å². The molecule has 200 valence electrons. The maximum atomic E-state index is 13.0. The van der Waals surface area contributed by atoms with Gasteiger partial charge in [-0.25, -0.2) is 14.5 Å². The van der Waals surface area contributed by atoms with Gasteiger partial charge in [-0.3, -0.25) is 4.79 Å². The molecule has 0 saturated heterocycles. The van der Waals surface area contributed by atoms with Gasteiger partial charge >= 0.3 is 0 Å². The van der Waals surface area contributed by atoms with Crippen molar-refractivity contribution in [1.82, 2.24) is 29.1 Å². The summed E-state index contributed by atoms with van der Waals surface area (Å²) in [6.45, 7) is 2.77. The summed E-state index contributed by atoms with van der Waals surface area (Å²) in [6, 6.07) is 31.5. The summed E-state index contributed by atoms with van der Waals surface area (Å²) in [5.74, 6) is 1.12. The van der Waals surface area contributed by atoms with Gasteiger partial charge in [0.05, 0.1) is 12.9 Å². The number of nitrogens with zero attached hydrogens (tertiary/aromatic N) is 5. The van der Waals surface area contributed by atoms with Crippen molar-refractivity contribution >= 4 is 16.9 Å². The minimum Gasteiger partial charge on any atom is -0.360 e. The highest BCUT2D eigenvalue weighted by Gasteiger charge is 2.45. The molecule has 1 saturated carbocycles. The smallest absolute Gasteiger partial charge is 0.288 e. The Morgan fingerprint density at radius 1 is 0.900 bits per heavy atom. The Balaban J connectivity index is 1.30. The lowest BCUT2D eigenvalue weighted by molar-refractivity contribution is -0.0656. The van der Waals surface area contributed by atoms with Crippen molar-refractivity contribution in [2.75, 3.05) is 6.61 Å². The third-order valence-corrected chi connectivity index (χ3v) is 8.53. The molecule has 3 atom stereocenters. The molecule has 3 heterocycles. The highest BCUT2D eigenvalue weighted by atomic mass is 16.5. The number of aromatic amines is 1. The van der Waals surface area contributed by atoms with Gasteiger partial charge in [0.15, 0.2) is 11.2 Å². The van der Waals surface area contributed by atoms with Crippen LogP contribution in [0.5, 0.6) is 0 Å². The Labute approximate surface area is 231 Å². The molecule has 1 aliphatic rings. The van der Waals surface area contributed by atoms with E-state index in [-0.39, 0.29) is 17.5 Å². The second-order valence-electron chi connectivity index (χ2n) is 10.5. The molecule has 0 aliphatic heterocycles. The molecule has 0 spiro atoms. The number of hydrogen-bond donors (Lipinski definition) is 1. The third-order valence-electron chi connectivity index (χ3n) is 8.53. The standard InChI is InChI=1S/C32H30N6O2/c1-2-22-18-27(37-20-33-28-29(37)35-31-36-34-21-38(31)30(28)39)26(22)19-40-32(23-12-6-3-7-13-23,24-14-8-4-9-15-24)25-16-10-5-11-17-25/h3-17,20-22,26-27H,2,18-19H2,1H3,(H,35,36)/t22-,26+,27+/m0/s1. The Kier molecular flexibility index (Phi) is 6.04. The zero-order chi connectivity index (χ0) is 27.1. The number of hydrogen-bond acceptors (Lipinski definition) is 5. The van der Waals surface area contributed by atoms with Crippen LogP contribution in [0.1, 0.15) is 42.5 Å². The lowest BCUT2D eigenvalue weighted by Gasteiger charge is -2.47. The Hall–Kier alpha value is -4.56. The fourth-order valence-electron chi connectivity index (χ4n) is 6.36. The Bertz CT molecular complexity index is 1710. The fraction of sp³-hybridized carbons (Fsp3) is 0.250. The van der Waals surface area contributed by atoms with E-state index in [1.54, 1.807) is 6.33 Å². The van der Waals surface area contributed by atoms with Gasteiger partial charge in [0.25, 0.3) is 5.56 Å². The van der Waals surface area contributed by atoms with Gasteiger partial charge in [-0.2, -0.15) is 10.1 Å². The van der Waals surface area contributed by atoms with Crippen molar-refractivity contribution in [3.63, 3.8) is 0 Å². The summed E-state index contributed by atoms with van der Waals surface area (Å²) >= 11 is 0. The lowest BCUT2D eigenvalue weighted by Crippen LogP contribution is -2.44. The highest BCUT2D eigenvalue weighted by molar-refractivity contribution is 5.71. The topological polar surface area (TPSA) is 90.1 Å². The number of imidazole rings is 1. The van der Waals surface area contributed by atoms with Crippen LogP contribution < -0.4 is 5.56 Å². The number of benzene rings is 3. The summed E-state index contributed by atoms with van der Waals surface area (Å²) < 4.78 is 10.7. The summed E-state index contributed by atoms with van der Waals surface area (Å²) in [4.78, 5) is 22.2. The minimum absolute atomic E-state index is 0.118. The number of ether oxygens (including phenoxy) is 1. The van der Waals surface area contributed by atoms with Crippen LogP contribution in [0.2, 0.25) is 0 Å². The number of fused-ring (bicyclic) bond motifs is 2. The second-order valence-corrected chi connectivity index (χ2v) is 10.5. The van der Waals surface area contributed by atoms with E-state index in [4.69, 9.17) is 9.72 Å². The summed E-state index contributed by atoms with van der Waals surface area (Å²) in [6.07, 6.45) is 5.23. The second kappa shape index (κ2) is 9.88. The van der Waals surface area contributed by atoms with Gasteiger partial charge in [-0.1, -0.05) is 104 Å². The normalized spacial score (nSPS) is 19.2. The van der Waals surface area contributed by atoms with Gasteiger partial charge in [0, 0.05) is 12.0 Å². The molecule has 40 heavy (non-hydrogen) atoms. The first-order valence-electron chi connectivity index (χ1n) is 13.8. The molecule has 3 aromatic carbocycles. The number of rotatable bonds is 8. The van der Waals surface area contributed by atoms with E-state index in [0.717, 1.165) is 29.5 Å². The molecule has 0 amide bonds. The van der Waals surface area contributed by atoms with Gasteiger partial charge in [-0.05, 0) is 29.0 Å². The number of H-pyrrole nitrogens is 1. The predicted molar refractivity (Wildman–Crippen MR) is 153 cm³/mol. The zero-order valence-electron chi connectivity index (χ0n) is 22.2. The van der Waals surface area contributed by atoms with Gasteiger partial charge < -0.3 is 9.30 Å². The first-order valence-corrected chi connectivity index (χ1v) is 13.8. The molecular weight excluding hydrogens is 500 g/mol. The fourth-order valence-corrected chi connectivity index (χ4v) is 6.36. The van der Waals surface area contributed by atoms with Crippen LogP contribution in [0, 0.1) is 11.8 Å². The van der Waals surface area contributed by atoms with Crippen molar-refractivity contribution in [1.29, 1.82) is 0 Å². The van der Waals surface area contributed by atoms with E-state index in [2.05, 4.69) is 99.5 Å². The van der Waals surface area contributed by atoms with Crippen molar-refractivity contribution in [2.24, 2.45) is 11.8 Å². The minimum atomic E-state index is -0.779. The number of aromatic nitrogens is 6. The average Bonchev–Trinajstić information content (AvgIpc) is 3.65. The van der Waals surface area contributed by atoms with Crippen LogP contribution >= 0.6 is 0 Å². The molecule has 3 aromatic heterocycles. The maximum absolute atomic E-state index is 13.0. The molecule has 8 heteroatoms. The molecule has 1 aliphatic carbocycles. The highest BCUT2D eigenvalue weighted by Crippen LogP contribution is 2.49. The molecule has 0 bridgehead atoms. The van der Waals surface area contributed by atoms with Crippen molar-refractivity contribution in [3.05, 3.63) is 131 Å². The molecule has 7 rings (SSSR count). The first-order chi connectivity index (χ1) is 19.7. The zero-order valence-corrected chi connectivity index (χ0v) is 22.2. The monoisotopic (exact) mass is 530 g/mol. The van der Waals surface area contributed by atoms with Gasteiger partial charge in [0.2, 0.25) is 5.78 Å². The van der Waals surface area contributed by atoms with Crippen LogP contribution in [0.4, 0.5) is 0 Å². The quantitative estimate of drug-likeness (QED) is 0.268. The van der Waals surface area contributed by atoms with Gasteiger partial charge in [-0.15, -0.1) is 0 Å². The summed E-state index contributed by atoms with van der Waals surface area (Å²) in [5, 5.41) is 6.79. The van der Waals surface area contributed by atoms with Crippen LogP contribution in [-0.4, -0.2) is 35.7 Å². The van der Waals surface area contributed by atoms with Crippen LogP contribution in [0.25, 0.3) is 16.9 Å². The van der Waals surface area contributed by atoms with Crippen LogP contribution in [0.3, 0.4) is 0 Å². The van der Waals surface area contributed by atoms with Gasteiger partial charge in [0.1, 0.15) is 11.9 Å². The predicted octanol–water partition coefficient (Wildman–Crippen LogP) is 5.36. The maximum Gasteiger partial charge on any atom is 0.288 e. The lowest BCUT2D eigenvalue weighted by atomic mass is 9.68. The van der Waals surface area contributed by atoms with Crippen molar-refractivity contribution in [2.45, 2.75) is 31.4 Å². The molecule has 6 aromatic rings. The Morgan fingerprint density at radius 3 is 2.08 bits per heavy atom. The summed E-state index contributed by atoms with van der Waals surface area (Å²) in [7, 11) is 0. The molecule has 1 N–H and O–H groups in total. The van der Waals surface area contributed by atoms with Crippen LogP contribution in [-0.2, 0) is 10.3 Å². The SMILES string of the molecule is CC[C@H]1C[C@@H](n2cnc3c(=O)n4cn[nH]c4nc32)[C@@H]1COC(c1ccccc1)(c1ccccc1)c1ccccc1. The molecule has 1 fully saturated rings. The van der Waals surface area contributed by atoms with E-state index < -0.39 is 5.60 Å². The molecule has 8 nitrogen and oxygen atoms in total.